The van der Waals surface area contributed by atoms with Crippen LogP contribution in [0.3, 0.4) is 0 Å². The maximum absolute atomic E-state index is 5.76. The molecule has 1 aromatic carbocycles. The molecule has 0 bridgehead atoms. The number of nitrogen functional groups attached to an aromatic ring is 1. The Kier molecular flexibility index (Phi) is 1.94. The highest BCUT2D eigenvalue weighted by Gasteiger charge is 2.34. The van der Waals surface area contributed by atoms with Gasteiger partial charge in [0.25, 0.3) is 0 Å². The molecule has 0 spiro atoms. The lowest BCUT2D eigenvalue weighted by molar-refractivity contribution is 0.0103. The quantitative estimate of drug-likeness (QED) is 0.719. The van der Waals surface area contributed by atoms with Gasteiger partial charge in [0, 0.05) is 12.3 Å². The summed E-state index contributed by atoms with van der Waals surface area (Å²) >= 11 is 0. The Morgan fingerprint density at radius 2 is 2.38 bits per heavy atom. The minimum absolute atomic E-state index is 0.256. The van der Waals surface area contributed by atoms with Gasteiger partial charge in [0.05, 0.1) is 11.0 Å². The zero-order valence-corrected chi connectivity index (χ0v) is 9.29. The van der Waals surface area contributed by atoms with Crippen molar-refractivity contribution in [1.29, 1.82) is 0 Å². The second kappa shape index (κ2) is 3.22. The second-order valence-electron chi connectivity index (χ2n) is 4.54. The molecule has 1 aliphatic heterocycles. The molecule has 1 aromatic heterocycles. The lowest BCUT2D eigenvalue weighted by atomic mass is 10.0. The van der Waals surface area contributed by atoms with Crippen molar-refractivity contribution in [3.8, 4) is 0 Å². The molecule has 1 unspecified atom stereocenters. The largest absolute Gasteiger partial charge is 0.399 e. The minimum Gasteiger partial charge on any atom is -0.399 e. The van der Waals surface area contributed by atoms with Crippen LogP contribution in [-0.2, 0) is 10.3 Å². The summed E-state index contributed by atoms with van der Waals surface area (Å²) < 4.78 is 5.76. The highest BCUT2D eigenvalue weighted by molar-refractivity contribution is 5.78. The van der Waals surface area contributed by atoms with Gasteiger partial charge in [0.15, 0.2) is 0 Å². The third kappa shape index (κ3) is 1.38. The monoisotopic (exact) mass is 217 g/mol. The van der Waals surface area contributed by atoms with Crippen LogP contribution in [0.4, 0.5) is 5.69 Å². The van der Waals surface area contributed by atoms with Crippen LogP contribution in [0.2, 0.25) is 0 Å². The van der Waals surface area contributed by atoms with Crippen molar-refractivity contribution in [2.75, 3.05) is 12.3 Å². The SMILES string of the molecule is CC1(c2nc3ccc(N)cc3[nH]2)CCCO1. The normalized spacial score (nSPS) is 25.3. The van der Waals surface area contributed by atoms with Gasteiger partial charge in [0.2, 0.25) is 0 Å². The summed E-state index contributed by atoms with van der Waals surface area (Å²) in [4.78, 5) is 7.87. The molecule has 2 aromatic rings. The smallest absolute Gasteiger partial charge is 0.139 e. The van der Waals surface area contributed by atoms with Crippen LogP contribution in [0, 0.1) is 0 Å². The standard InChI is InChI=1S/C12H15N3O/c1-12(5-2-6-16-12)11-14-9-4-3-8(13)7-10(9)15-11/h3-4,7H,2,5-6,13H2,1H3,(H,14,15). The molecule has 84 valence electrons. The Hall–Kier alpha value is -1.55. The molecule has 0 saturated carbocycles. The number of aromatic nitrogens is 2. The van der Waals surface area contributed by atoms with E-state index >= 15 is 0 Å². The molecule has 2 heterocycles. The van der Waals surface area contributed by atoms with Gasteiger partial charge in [-0.2, -0.15) is 0 Å². The minimum atomic E-state index is -0.256. The Morgan fingerprint density at radius 1 is 1.50 bits per heavy atom. The average Bonchev–Trinajstić information content (AvgIpc) is 2.84. The van der Waals surface area contributed by atoms with Gasteiger partial charge in [-0.25, -0.2) is 4.98 Å². The van der Waals surface area contributed by atoms with Gasteiger partial charge in [-0.1, -0.05) is 0 Å². The molecular formula is C12H15N3O. The van der Waals surface area contributed by atoms with E-state index in [1.165, 1.54) is 0 Å². The third-order valence-electron chi connectivity index (χ3n) is 3.23. The van der Waals surface area contributed by atoms with Crippen molar-refractivity contribution in [2.24, 2.45) is 0 Å². The van der Waals surface area contributed by atoms with Crippen molar-refractivity contribution in [3.05, 3.63) is 24.0 Å². The number of fused-ring (bicyclic) bond motifs is 1. The van der Waals surface area contributed by atoms with Crippen LogP contribution in [0.25, 0.3) is 11.0 Å². The Labute approximate surface area is 93.8 Å². The Bertz CT molecular complexity index is 526. The van der Waals surface area contributed by atoms with E-state index in [9.17, 15) is 0 Å². The maximum atomic E-state index is 5.76. The predicted octanol–water partition coefficient (Wildman–Crippen LogP) is 2.17. The number of hydrogen-bond acceptors (Lipinski definition) is 3. The lowest BCUT2D eigenvalue weighted by Gasteiger charge is -2.19. The molecule has 1 aliphatic rings. The highest BCUT2D eigenvalue weighted by Crippen LogP contribution is 2.34. The molecule has 16 heavy (non-hydrogen) atoms. The summed E-state index contributed by atoms with van der Waals surface area (Å²) in [5.74, 6) is 0.908. The predicted molar refractivity (Wildman–Crippen MR) is 63.0 cm³/mol. The first kappa shape index (κ1) is 9.66. The number of benzene rings is 1. The number of imidazole rings is 1. The molecule has 0 amide bonds. The van der Waals surface area contributed by atoms with E-state index in [-0.39, 0.29) is 5.60 Å². The summed E-state index contributed by atoms with van der Waals surface area (Å²) in [5.41, 5.74) is 8.16. The van der Waals surface area contributed by atoms with Gasteiger partial charge in [-0.05, 0) is 38.0 Å². The van der Waals surface area contributed by atoms with Gasteiger partial charge in [-0.15, -0.1) is 0 Å². The van der Waals surface area contributed by atoms with E-state index in [0.717, 1.165) is 42.0 Å². The number of ether oxygens (including phenoxy) is 1. The zero-order chi connectivity index (χ0) is 11.2. The van der Waals surface area contributed by atoms with Gasteiger partial charge in [0.1, 0.15) is 11.4 Å². The number of anilines is 1. The van der Waals surface area contributed by atoms with Crippen molar-refractivity contribution >= 4 is 16.7 Å². The molecule has 3 N–H and O–H groups in total. The summed E-state index contributed by atoms with van der Waals surface area (Å²) in [6, 6.07) is 5.71. The summed E-state index contributed by atoms with van der Waals surface area (Å²) in [5, 5.41) is 0. The van der Waals surface area contributed by atoms with Gasteiger partial charge >= 0.3 is 0 Å². The Morgan fingerprint density at radius 3 is 3.12 bits per heavy atom. The fourth-order valence-electron chi connectivity index (χ4n) is 2.24. The number of nitrogens with two attached hydrogens (primary N) is 1. The molecule has 1 fully saturated rings. The van der Waals surface area contributed by atoms with E-state index in [0.29, 0.717) is 0 Å². The number of hydrogen-bond donors (Lipinski definition) is 2. The number of aromatic amines is 1. The third-order valence-corrected chi connectivity index (χ3v) is 3.23. The Balaban J connectivity index is 2.11. The number of rotatable bonds is 1. The molecule has 3 rings (SSSR count). The van der Waals surface area contributed by atoms with Crippen molar-refractivity contribution < 1.29 is 4.74 Å². The molecule has 0 radical (unpaired) electrons. The van der Waals surface area contributed by atoms with Crippen LogP contribution in [0.5, 0.6) is 0 Å². The fraction of sp³-hybridized carbons (Fsp3) is 0.417. The maximum Gasteiger partial charge on any atom is 0.139 e. The molecular weight excluding hydrogens is 202 g/mol. The van der Waals surface area contributed by atoms with E-state index in [2.05, 4.69) is 16.9 Å². The van der Waals surface area contributed by atoms with Gasteiger partial charge < -0.3 is 15.5 Å². The van der Waals surface area contributed by atoms with Crippen LogP contribution in [-0.4, -0.2) is 16.6 Å². The topological polar surface area (TPSA) is 63.9 Å². The first-order chi connectivity index (χ1) is 7.67. The van der Waals surface area contributed by atoms with Gasteiger partial charge in [-0.3, -0.25) is 0 Å². The summed E-state index contributed by atoms with van der Waals surface area (Å²) in [6.45, 7) is 2.90. The van der Waals surface area contributed by atoms with Crippen LogP contribution in [0.15, 0.2) is 18.2 Å². The van der Waals surface area contributed by atoms with Crippen molar-refractivity contribution in [2.45, 2.75) is 25.4 Å². The number of nitrogens with zero attached hydrogens (tertiary/aromatic N) is 1. The second-order valence-corrected chi connectivity index (χ2v) is 4.54. The van der Waals surface area contributed by atoms with Crippen LogP contribution in [0.1, 0.15) is 25.6 Å². The van der Waals surface area contributed by atoms with E-state index in [1.54, 1.807) is 0 Å². The van der Waals surface area contributed by atoms with Crippen LogP contribution < -0.4 is 5.73 Å². The molecule has 4 nitrogen and oxygen atoms in total. The summed E-state index contributed by atoms with van der Waals surface area (Å²) in [6.07, 6.45) is 2.11. The van der Waals surface area contributed by atoms with E-state index < -0.39 is 0 Å². The highest BCUT2D eigenvalue weighted by atomic mass is 16.5. The lowest BCUT2D eigenvalue weighted by Crippen LogP contribution is -2.21. The summed E-state index contributed by atoms with van der Waals surface area (Å²) in [7, 11) is 0. The number of H-pyrrole nitrogens is 1. The van der Waals surface area contributed by atoms with E-state index in [1.807, 2.05) is 18.2 Å². The zero-order valence-electron chi connectivity index (χ0n) is 9.29. The number of nitrogens with one attached hydrogen (secondary N) is 1. The van der Waals surface area contributed by atoms with Crippen molar-refractivity contribution in [3.63, 3.8) is 0 Å². The molecule has 1 saturated heterocycles. The first-order valence-electron chi connectivity index (χ1n) is 5.57. The van der Waals surface area contributed by atoms with E-state index in [4.69, 9.17) is 10.5 Å². The van der Waals surface area contributed by atoms with Crippen LogP contribution >= 0.6 is 0 Å². The first-order valence-corrected chi connectivity index (χ1v) is 5.57. The average molecular weight is 217 g/mol. The molecule has 0 aliphatic carbocycles. The molecule has 4 heteroatoms. The molecule has 1 atom stereocenters. The van der Waals surface area contributed by atoms with Crippen molar-refractivity contribution in [1.82, 2.24) is 9.97 Å². The fourth-order valence-corrected chi connectivity index (χ4v) is 2.24.